The molecule has 0 N–H and O–H groups in total. The van der Waals surface area contributed by atoms with E-state index in [2.05, 4.69) is 10.8 Å². The number of benzene rings is 2. The van der Waals surface area contributed by atoms with Crippen LogP contribution in [-0.2, 0) is 4.74 Å². The van der Waals surface area contributed by atoms with Crippen LogP contribution in [0.2, 0.25) is 0 Å². The lowest BCUT2D eigenvalue weighted by Crippen LogP contribution is -2.00. The number of carbonyl (C=O) groups is 1. The van der Waals surface area contributed by atoms with E-state index in [-0.39, 0.29) is 5.69 Å². The normalized spacial score (nSPS) is 10.9. The van der Waals surface area contributed by atoms with Gasteiger partial charge in [-0.1, -0.05) is 12.1 Å². The number of nitro benzene ring substituents is 1. The van der Waals surface area contributed by atoms with Crippen LogP contribution < -0.4 is 0 Å². The fourth-order valence-electron chi connectivity index (χ4n) is 2.56. The number of carbonyl (C=O) groups excluding carboxylic acids is 1. The van der Waals surface area contributed by atoms with Crippen molar-refractivity contribution in [2.24, 2.45) is 0 Å². The highest BCUT2D eigenvalue weighted by Gasteiger charge is 2.10. The number of allylic oxidation sites excluding steroid dienone is 1. The van der Waals surface area contributed by atoms with Crippen LogP contribution in [0.3, 0.4) is 0 Å². The fourth-order valence-corrected chi connectivity index (χ4v) is 2.56. The van der Waals surface area contributed by atoms with E-state index in [1.807, 2.05) is 0 Å². The topological polar surface area (TPSA) is 106 Å². The lowest BCUT2D eigenvalue weighted by molar-refractivity contribution is -0.384. The van der Waals surface area contributed by atoms with Gasteiger partial charge in [0.15, 0.2) is 0 Å². The Labute approximate surface area is 160 Å². The second-order valence-corrected chi connectivity index (χ2v) is 5.74. The number of nitro groups is 1. The number of esters is 1. The number of ether oxygens (including phenoxy) is 1. The Kier molecular flexibility index (Phi) is 5.33. The minimum Gasteiger partial charge on any atom is -0.465 e. The van der Waals surface area contributed by atoms with Gasteiger partial charge in [0.2, 0.25) is 0 Å². The Hall–Kier alpha value is -4.18. The third kappa shape index (κ3) is 3.97. The average molecular weight is 374 g/mol. The van der Waals surface area contributed by atoms with Crippen LogP contribution in [0, 0.1) is 21.4 Å². The number of nitriles is 1. The number of non-ortho nitro benzene ring substituents is 1. The predicted octanol–water partition coefficient (Wildman–Crippen LogP) is 4.71. The van der Waals surface area contributed by atoms with Crippen LogP contribution in [-0.4, -0.2) is 18.0 Å². The molecule has 1 aromatic heterocycles. The molecule has 0 saturated heterocycles. The van der Waals surface area contributed by atoms with E-state index in [0.717, 1.165) is 5.56 Å². The third-order valence-electron chi connectivity index (χ3n) is 4.01. The summed E-state index contributed by atoms with van der Waals surface area (Å²) in [5.41, 5.74) is 2.02. The van der Waals surface area contributed by atoms with E-state index in [0.29, 0.717) is 28.2 Å². The van der Waals surface area contributed by atoms with Gasteiger partial charge in [-0.15, -0.1) is 0 Å². The highest BCUT2D eigenvalue weighted by Crippen LogP contribution is 2.26. The van der Waals surface area contributed by atoms with Gasteiger partial charge in [0, 0.05) is 17.7 Å². The van der Waals surface area contributed by atoms with Crippen molar-refractivity contribution in [2.75, 3.05) is 7.11 Å². The summed E-state index contributed by atoms with van der Waals surface area (Å²) in [5, 5.41) is 20.2. The average Bonchev–Trinajstić information content (AvgIpc) is 3.20. The second kappa shape index (κ2) is 8.01. The first-order valence-corrected chi connectivity index (χ1v) is 8.17. The quantitative estimate of drug-likeness (QED) is 0.277. The molecule has 0 aliphatic rings. The zero-order chi connectivity index (χ0) is 20.1. The number of hydrogen-bond donors (Lipinski definition) is 0. The van der Waals surface area contributed by atoms with Crippen molar-refractivity contribution in [2.45, 2.75) is 0 Å². The molecule has 7 nitrogen and oxygen atoms in total. The smallest absolute Gasteiger partial charge is 0.337 e. The maximum Gasteiger partial charge on any atom is 0.337 e. The van der Waals surface area contributed by atoms with Gasteiger partial charge < -0.3 is 9.15 Å². The number of rotatable bonds is 5. The van der Waals surface area contributed by atoms with Crippen molar-refractivity contribution in [3.8, 4) is 17.4 Å². The molecule has 0 atom stereocenters. The molecule has 0 aliphatic carbocycles. The molecule has 138 valence electrons. The van der Waals surface area contributed by atoms with Crippen LogP contribution in [0.4, 0.5) is 5.69 Å². The van der Waals surface area contributed by atoms with Gasteiger partial charge in [-0.25, -0.2) is 4.79 Å². The SMILES string of the molecule is COC(=O)c1ccc(-c2ccc(/C=C(/C#N)c3ccc([N+](=O)[O-])cc3)o2)cc1. The number of furan rings is 1. The molecule has 0 amide bonds. The highest BCUT2D eigenvalue weighted by molar-refractivity contribution is 5.90. The van der Waals surface area contributed by atoms with Crippen molar-refractivity contribution in [1.29, 1.82) is 5.26 Å². The van der Waals surface area contributed by atoms with Crippen LogP contribution in [0.1, 0.15) is 21.7 Å². The van der Waals surface area contributed by atoms with Crippen LogP contribution in [0.15, 0.2) is 65.1 Å². The van der Waals surface area contributed by atoms with Gasteiger partial charge in [0.05, 0.1) is 29.2 Å². The predicted molar refractivity (Wildman–Crippen MR) is 102 cm³/mol. The first kappa shape index (κ1) is 18.6. The first-order valence-electron chi connectivity index (χ1n) is 8.17. The molecule has 3 rings (SSSR count). The Bertz CT molecular complexity index is 1090. The molecule has 0 unspecified atom stereocenters. The van der Waals surface area contributed by atoms with E-state index >= 15 is 0 Å². The Morgan fingerprint density at radius 2 is 1.71 bits per heavy atom. The maximum atomic E-state index is 11.5. The van der Waals surface area contributed by atoms with Crippen LogP contribution in [0.25, 0.3) is 23.0 Å². The lowest BCUT2D eigenvalue weighted by Gasteiger charge is -2.01. The molecule has 1 heterocycles. The molecule has 0 saturated carbocycles. The maximum absolute atomic E-state index is 11.5. The minimum absolute atomic E-state index is 0.0447. The van der Waals surface area contributed by atoms with Gasteiger partial charge in [0.25, 0.3) is 5.69 Å². The van der Waals surface area contributed by atoms with Crippen LogP contribution in [0.5, 0.6) is 0 Å². The standard InChI is InChI=1S/C21H14N2O5/c1-27-21(24)16-4-2-15(3-5-16)20-11-10-19(28-20)12-17(13-22)14-6-8-18(9-7-14)23(25)26/h2-12H,1H3/b17-12-. The highest BCUT2D eigenvalue weighted by atomic mass is 16.6. The molecule has 3 aromatic rings. The Balaban J connectivity index is 1.85. The summed E-state index contributed by atoms with van der Waals surface area (Å²) in [7, 11) is 1.32. The van der Waals surface area contributed by atoms with E-state index < -0.39 is 10.9 Å². The molecule has 0 spiro atoms. The van der Waals surface area contributed by atoms with Gasteiger partial charge >= 0.3 is 5.97 Å². The minimum atomic E-state index is -0.496. The van der Waals surface area contributed by atoms with Crippen molar-refractivity contribution >= 4 is 23.3 Å². The zero-order valence-corrected chi connectivity index (χ0v) is 14.8. The molecule has 0 aliphatic heterocycles. The van der Waals surface area contributed by atoms with E-state index in [9.17, 15) is 20.2 Å². The fraction of sp³-hybridized carbons (Fsp3) is 0.0476. The van der Waals surface area contributed by atoms with Crippen molar-refractivity contribution in [1.82, 2.24) is 0 Å². The summed E-state index contributed by atoms with van der Waals surface area (Å²) >= 11 is 0. The molecule has 7 heteroatoms. The molecule has 28 heavy (non-hydrogen) atoms. The Morgan fingerprint density at radius 1 is 1.07 bits per heavy atom. The van der Waals surface area contributed by atoms with Gasteiger partial charge in [-0.3, -0.25) is 10.1 Å². The Morgan fingerprint density at radius 3 is 2.29 bits per heavy atom. The summed E-state index contributed by atoms with van der Waals surface area (Å²) in [6, 6.07) is 18.0. The zero-order valence-electron chi connectivity index (χ0n) is 14.8. The molecular weight excluding hydrogens is 360 g/mol. The van der Waals surface area contributed by atoms with E-state index in [1.165, 1.54) is 31.4 Å². The summed E-state index contributed by atoms with van der Waals surface area (Å²) < 4.78 is 10.4. The lowest BCUT2D eigenvalue weighted by atomic mass is 10.1. The summed E-state index contributed by atoms with van der Waals surface area (Å²) in [5.74, 6) is 0.613. The number of methoxy groups -OCH3 is 1. The molecule has 0 bridgehead atoms. The van der Waals surface area contributed by atoms with Gasteiger partial charge in [-0.05, 0) is 48.0 Å². The molecule has 2 aromatic carbocycles. The third-order valence-corrected chi connectivity index (χ3v) is 4.01. The van der Waals surface area contributed by atoms with Gasteiger partial charge in [-0.2, -0.15) is 5.26 Å². The first-order chi connectivity index (χ1) is 13.5. The van der Waals surface area contributed by atoms with Gasteiger partial charge in [0.1, 0.15) is 11.5 Å². The monoisotopic (exact) mass is 374 g/mol. The van der Waals surface area contributed by atoms with Crippen LogP contribution >= 0.6 is 0 Å². The molecular formula is C21H14N2O5. The van der Waals surface area contributed by atoms with Crippen molar-refractivity contribution in [3.63, 3.8) is 0 Å². The largest absolute Gasteiger partial charge is 0.465 e. The second-order valence-electron chi connectivity index (χ2n) is 5.74. The summed E-state index contributed by atoms with van der Waals surface area (Å²) in [6.45, 7) is 0. The summed E-state index contributed by atoms with van der Waals surface area (Å²) in [4.78, 5) is 21.7. The number of nitrogens with zero attached hydrogens (tertiary/aromatic N) is 2. The molecule has 0 radical (unpaired) electrons. The van der Waals surface area contributed by atoms with E-state index in [1.54, 1.807) is 42.5 Å². The van der Waals surface area contributed by atoms with E-state index in [4.69, 9.17) is 4.42 Å². The van der Waals surface area contributed by atoms with Crippen molar-refractivity contribution < 1.29 is 18.9 Å². The van der Waals surface area contributed by atoms with Crippen molar-refractivity contribution in [3.05, 3.63) is 87.7 Å². The number of hydrogen-bond acceptors (Lipinski definition) is 6. The molecule has 0 fully saturated rings. The summed E-state index contributed by atoms with van der Waals surface area (Å²) in [6.07, 6.45) is 1.56.